The summed E-state index contributed by atoms with van der Waals surface area (Å²) in [7, 11) is 0. The molecule has 194 valence electrons. The van der Waals surface area contributed by atoms with Crippen LogP contribution in [0.3, 0.4) is 0 Å². The molecule has 8 heteroatoms. The number of nitrogens with zero attached hydrogens (tertiary/aromatic N) is 5. The molecule has 0 amide bonds. The SMILES string of the molecule is Cc1c(-c2cccc(F)c2)nc2ncccc2c1N1CC2(CCOCC2)c2ncc(N3CCOCC3)cc21. The van der Waals surface area contributed by atoms with Crippen LogP contribution in [-0.4, -0.2) is 61.0 Å². The molecule has 0 N–H and O–H groups in total. The van der Waals surface area contributed by atoms with Crippen LogP contribution >= 0.6 is 0 Å². The Hall–Kier alpha value is -3.62. The van der Waals surface area contributed by atoms with E-state index in [2.05, 4.69) is 33.8 Å². The highest BCUT2D eigenvalue weighted by atomic mass is 19.1. The van der Waals surface area contributed by atoms with Crippen LogP contribution in [0.25, 0.3) is 22.3 Å². The first kappa shape index (κ1) is 23.5. The number of pyridine rings is 3. The number of benzene rings is 1. The highest BCUT2D eigenvalue weighted by Gasteiger charge is 2.46. The quantitative estimate of drug-likeness (QED) is 0.376. The second-order valence-corrected chi connectivity index (χ2v) is 10.5. The summed E-state index contributed by atoms with van der Waals surface area (Å²) in [5.41, 5.74) is 7.50. The zero-order valence-electron chi connectivity index (χ0n) is 21.5. The van der Waals surface area contributed by atoms with Crippen molar-refractivity contribution in [3.63, 3.8) is 0 Å². The van der Waals surface area contributed by atoms with Gasteiger partial charge in [0, 0.05) is 55.4 Å². The van der Waals surface area contributed by atoms with E-state index < -0.39 is 0 Å². The number of aromatic nitrogens is 3. The zero-order valence-corrected chi connectivity index (χ0v) is 21.5. The molecule has 0 unspecified atom stereocenters. The van der Waals surface area contributed by atoms with E-state index in [1.54, 1.807) is 18.3 Å². The molecule has 6 heterocycles. The number of hydrogen-bond acceptors (Lipinski definition) is 7. The van der Waals surface area contributed by atoms with Gasteiger partial charge in [0.2, 0.25) is 0 Å². The smallest absolute Gasteiger partial charge is 0.161 e. The lowest BCUT2D eigenvalue weighted by atomic mass is 9.78. The first-order valence-corrected chi connectivity index (χ1v) is 13.3. The summed E-state index contributed by atoms with van der Waals surface area (Å²) < 4.78 is 25.7. The van der Waals surface area contributed by atoms with Gasteiger partial charge in [-0.25, -0.2) is 14.4 Å². The molecule has 4 aromatic rings. The van der Waals surface area contributed by atoms with Crippen LogP contribution in [0.5, 0.6) is 0 Å². The zero-order chi connectivity index (χ0) is 25.7. The van der Waals surface area contributed by atoms with Gasteiger partial charge in [-0.3, -0.25) is 4.98 Å². The third-order valence-corrected chi connectivity index (χ3v) is 8.27. The number of halogens is 1. The monoisotopic (exact) mass is 511 g/mol. The molecule has 0 aliphatic carbocycles. The molecule has 0 bridgehead atoms. The van der Waals surface area contributed by atoms with Crippen molar-refractivity contribution in [3.05, 3.63) is 71.9 Å². The summed E-state index contributed by atoms with van der Waals surface area (Å²) in [6, 6.07) is 13.0. The first-order valence-electron chi connectivity index (χ1n) is 13.3. The third kappa shape index (κ3) is 3.82. The molecule has 3 aliphatic rings. The average molecular weight is 512 g/mol. The van der Waals surface area contributed by atoms with Crippen molar-refractivity contribution >= 4 is 28.1 Å². The van der Waals surface area contributed by atoms with Crippen molar-refractivity contribution in [1.29, 1.82) is 0 Å². The standard InChI is InChI=1S/C30H30FN5O2/c1-20-26(21-4-2-5-22(31)16-21)34-29-24(6-3-9-32-29)27(20)36-19-30(7-12-37-13-8-30)28-25(36)17-23(18-33-28)35-10-14-38-15-11-35/h2-6,9,16-18H,7-8,10-15,19H2,1H3. The molecule has 0 radical (unpaired) electrons. The normalized spacial score (nSPS) is 18.8. The Bertz CT molecular complexity index is 1510. The van der Waals surface area contributed by atoms with E-state index in [0.29, 0.717) is 5.65 Å². The highest BCUT2D eigenvalue weighted by molar-refractivity contribution is 5.98. The highest BCUT2D eigenvalue weighted by Crippen LogP contribution is 2.51. The maximum atomic E-state index is 14.3. The summed E-state index contributed by atoms with van der Waals surface area (Å²) in [5, 5.41) is 0.983. The molecule has 2 saturated heterocycles. The van der Waals surface area contributed by atoms with Gasteiger partial charge in [-0.2, -0.15) is 0 Å². The number of rotatable bonds is 3. The van der Waals surface area contributed by atoms with Gasteiger partial charge < -0.3 is 19.3 Å². The molecule has 1 aromatic carbocycles. The van der Waals surface area contributed by atoms with Crippen molar-refractivity contribution < 1.29 is 13.9 Å². The van der Waals surface area contributed by atoms with Crippen LogP contribution in [0.4, 0.5) is 21.5 Å². The molecule has 1 spiro atoms. The first-order chi connectivity index (χ1) is 18.6. The van der Waals surface area contributed by atoms with E-state index in [4.69, 9.17) is 19.4 Å². The summed E-state index contributed by atoms with van der Waals surface area (Å²) in [6.45, 7) is 7.50. The second kappa shape index (κ2) is 9.29. The third-order valence-electron chi connectivity index (χ3n) is 8.27. The molecular weight excluding hydrogens is 481 g/mol. The summed E-state index contributed by atoms with van der Waals surface area (Å²) in [5.74, 6) is -0.279. The second-order valence-electron chi connectivity index (χ2n) is 10.5. The lowest BCUT2D eigenvalue weighted by molar-refractivity contribution is 0.0546. The average Bonchev–Trinajstić information content (AvgIpc) is 3.25. The number of anilines is 3. The number of fused-ring (bicyclic) bond motifs is 3. The van der Waals surface area contributed by atoms with Gasteiger partial charge in [0.05, 0.1) is 47.9 Å². The Kier molecular flexibility index (Phi) is 5.74. The van der Waals surface area contributed by atoms with Crippen LogP contribution in [0.2, 0.25) is 0 Å². The van der Waals surface area contributed by atoms with Gasteiger partial charge >= 0.3 is 0 Å². The predicted molar refractivity (Wildman–Crippen MR) is 146 cm³/mol. The van der Waals surface area contributed by atoms with E-state index in [0.717, 1.165) is 104 Å². The Morgan fingerprint density at radius 2 is 1.76 bits per heavy atom. The fourth-order valence-electron chi connectivity index (χ4n) is 6.31. The Labute approximate surface area is 221 Å². The van der Waals surface area contributed by atoms with E-state index in [1.807, 2.05) is 18.3 Å². The van der Waals surface area contributed by atoms with Crippen molar-refractivity contribution in [2.24, 2.45) is 0 Å². The van der Waals surface area contributed by atoms with Crippen LogP contribution in [0.1, 0.15) is 24.1 Å². The van der Waals surface area contributed by atoms with E-state index >= 15 is 0 Å². The molecule has 7 nitrogen and oxygen atoms in total. The van der Waals surface area contributed by atoms with Gasteiger partial charge in [-0.05, 0) is 55.7 Å². The molecule has 0 saturated carbocycles. The lowest BCUT2D eigenvalue weighted by Crippen LogP contribution is -2.38. The minimum absolute atomic E-state index is 0.0830. The lowest BCUT2D eigenvalue weighted by Gasteiger charge is -2.34. The Morgan fingerprint density at radius 1 is 0.947 bits per heavy atom. The summed E-state index contributed by atoms with van der Waals surface area (Å²) >= 11 is 0. The maximum absolute atomic E-state index is 14.3. The number of ether oxygens (including phenoxy) is 2. The van der Waals surface area contributed by atoms with Gasteiger partial charge in [0.1, 0.15) is 5.82 Å². The number of hydrogen-bond donors (Lipinski definition) is 0. The maximum Gasteiger partial charge on any atom is 0.161 e. The van der Waals surface area contributed by atoms with Crippen LogP contribution in [-0.2, 0) is 14.9 Å². The molecule has 2 fully saturated rings. The number of morpholine rings is 1. The molecular formula is C30H30FN5O2. The van der Waals surface area contributed by atoms with Gasteiger partial charge in [-0.1, -0.05) is 12.1 Å². The van der Waals surface area contributed by atoms with Gasteiger partial charge in [0.25, 0.3) is 0 Å². The topological polar surface area (TPSA) is 63.6 Å². The van der Waals surface area contributed by atoms with Crippen molar-refractivity contribution in [1.82, 2.24) is 15.0 Å². The summed E-state index contributed by atoms with van der Waals surface area (Å²) in [6.07, 6.45) is 5.65. The Balaban J connectivity index is 1.44. The Morgan fingerprint density at radius 3 is 2.58 bits per heavy atom. The van der Waals surface area contributed by atoms with Crippen LogP contribution < -0.4 is 9.80 Å². The van der Waals surface area contributed by atoms with E-state index in [1.165, 1.54) is 6.07 Å². The van der Waals surface area contributed by atoms with Crippen molar-refractivity contribution in [3.8, 4) is 11.3 Å². The molecule has 3 aromatic heterocycles. The molecule has 38 heavy (non-hydrogen) atoms. The van der Waals surface area contributed by atoms with E-state index in [-0.39, 0.29) is 11.2 Å². The van der Waals surface area contributed by atoms with Gasteiger partial charge in [0.15, 0.2) is 5.65 Å². The minimum Gasteiger partial charge on any atom is -0.381 e. The summed E-state index contributed by atoms with van der Waals surface area (Å²) in [4.78, 5) is 19.4. The predicted octanol–water partition coefficient (Wildman–Crippen LogP) is 5.18. The fraction of sp³-hybridized carbons (Fsp3) is 0.367. The van der Waals surface area contributed by atoms with E-state index in [9.17, 15) is 4.39 Å². The fourth-order valence-corrected chi connectivity index (χ4v) is 6.31. The van der Waals surface area contributed by atoms with Crippen LogP contribution in [0.15, 0.2) is 54.9 Å². The largest absolute Gasteiger partial charge is 0.381 e. The molecule has 0 atom stereocenters. The minimum atomic E-state index is -0.279. The molecule has 3 aliphatic heterocycles. The molecule has 7 rings (SSSR count). The van der Waals surface area contributed by atoms with Crippen LogP contribution in [0, 0.1) is 12.7 Å². The van der Waals surface area contributed by atoms with Gasteiger partial charge in [-0.15, -0.1) is 0 Å². The van der Waals surface area contributed by atoms with Crippen molar-refractivity contribution in [2.75, 3.05) is 55.9 Å². The van der Waals surface area contributed by atoms with Crippen molar-refractivity contribution in [2.45, 2.75) is 25.2 Å².